The highest BCUT2D eigenvalue weighted by molar-refractivity contribution is 5.74. The van der Waals surface area contributed by atoms with Gasteiger partial charge in [-0.05, 0) is 66.4 Å². The lowest BCUT2D eigenvalue weighted by Crippen LogP contribution is -2.09. The zero-order chi connectivity index (χ0) is 14.9. The summed E-state index contributed by atoms with van der Waals surface area (Å²) in [6.07, 6.45) is 7.70. The van der Waals surface area contributed by atoms with Gasteiger partial charge in [-0.3, -0.25) is 0 Å². The second-order valence-electron chi connectivity index (χ2n) is 6.88. The quantitative estimate of drug-likeness (QED) is 0.498. The predicted molar refractivity (Wildman–Crippen MR) is 90.8 cm³/mol. The molecule has 0 fully saturated rings. The summed E-state index contributed by atoms with van der Waals surface area (Å²) in [5.41, 5.74) is 8.02. The van der Waals surface area contributed by atoms with Crippen LogP contribution in [0.25, 0.3) is 11.6 Å². The molecule has 0 saturated carbocycles. The molecule has 106 valence electrons. The van der Waals surface area contributed by atoms with Gasteiger partial charge in [-0.2, -0.15) is 0 Å². The maximum Gasteiger partial charge on any atom is -0.0134 e. The zero-order valence-electron chi connectivity index (χ0n) is 13.3. The van der Waals surface area contributed by atoms with Gasteiger partial charge in [0.25, 0.3) is 0 Å². The summed E-state index contributed by atoms with van der Waals surface area (Å²) >= 11 is 0. The predicted octanol–water partition coefficient (Wildman–Crippen LogP) is 6.10. The van der Waals surface area contributed by atoms with Gasteiger partial charge in [0.1, 0.15) is 0 Å². The van der Waals surface area contributed by atoms with Crippen LogP contribution >= 0.6 is 0 Å². The largest absolute Gasteiger partial charge is 0.0998 e. The van der Waals surface area contributed by atoms with Crippen LogP contribution in [-0.4, -0.2) is 0 Å². The Hall–Kier alpha value is -1.56. The molecule has 0 aromatic heterocycles. The van der Waals surface area contributed by atoms with Crippen molar-refractivity contribution in [2.45, 2.75) is 47.0 Å². The highest BCUT2D eigenvalue weighted by Crippen LogP contribution is 2.34. The van der Waals surface area contributed by atoms with E-state index in [0.717, 1.165) is 19.3 Å². The lowest BCUT2D eigenvalue weighted by Gasteiger charge is -2.24. The van der Waals surface area contributed by atoms with Crippen molar-refractivity contribution < 1.29 is 0 Å². The first-order valence-electron chi connectivity index (χ1n) is 7.44. The van der Waals surface area contributed by atoms with Gasteiger partial charge in [0, 0.05) is 0 Å². The molecule has 0 nitrogen and oxygen atoms in total. The van der Waals surface area contributed by atoms with E-state index in [0.29, 0.717) is 0 Å². The molecule has 2 rings (SSSR count). The summed E-state index contributed by atoms with van der Waals surface area (Å²) in [7, 11) is 0. The van der Waals surface area contributed by atoms with Crippen LogP contribution in [0.15, 0.2) is 36.9 Å². The molecule has 0 unspecified atom stereocenters. The molecule has 0 heterocycles. The second-order valence-corrected chi connectivity index (χ2v) is 6.88. The Bertz CT molecular complexity index is 582. The molecule has 1 aliphatic rings. The fourth-order valence-electron chi connectivity index (χ4n) is 2.85. The van der Waals surface area contributed by atoms with Crippen molar-refractivity contribution in [1.82, 2.24) is 0 Å². The van der Waals surface area contributed by atoms with Crippen LogP contribution in [0.1, 0.15) is 55.4 Å². The molecule has 0 N–H and O–H groups in total. The van der Waals surface area contributed by atoms with Crippen molar-refractivity contribution in [2.75, 3.05) is 0 Å². The van der Waals surface area contributed by atoms with Crippen LogP contribution in [-0.2, 0) is 0 Å². The molecular weight excluding hydrogens is 240 g/mol. The van der Waals surface area contributed by atoms with Crippen molar-refractivity contribution >= 4 is 11.6 Å². The van der Waals surface area contributed by atoms with Gasteiger partial charge in [0.05, 0.1) is 0 Å². The van der Waals surface area contributed by atoms with Gasteiger partial charge in [-0.1, -0.05) is 56.9 Å². The first kappa shape index (κ1) is 14.8. The van der Waals surface area contributed by atoms with Crippen molar-refractivity contribution in [2.24, 2.45) is 5.41 Å². The summed E-state index contributed by atoms with van der Waals surface area (Å²) < 4.78 is 0. The Balaban J connectivity index is 2.54. The van der Waals surface area contributed by atoms with E-state index >= 15 is 0 Å². The third-order valence-electron chi connectivity index (χ3n) is 4.25. The van der Waals surface area contributed by atoms with E-state index in [-0.39, 0.29) is 5.41 Å². The molecular formula is C20H26. The van der Waals surface area contributed by atoms with Crippen LogP contribution in [0, 0.1) is 19.3 Å². The van der Waals surface area contributed by atoms with E-state index in [4.69, 9.17) is 0 Å². The average molecular weight is 266 g/mol. The third kappa shape index (κ3) is 3.30. The highest BCUT2D eigenvalue weighted by atomic mass is 14.2. The maximum atomic E-state index is 4.30. The molecule has 1 aromatic carbocycles. The lowest BCUT2D eigenvalue weighted by molar-refractivity contribution is 0.471. The smallest absolute Gasteiger partial charge is 0.0134 e. The van der Waals surface area contributed by atoms with E-state index in [2.05, 4.69) is 65.1 Å². The Morgan fingerprint density at radius 1 is 1.00 bits per heavy atom. The van der Waals surface area contributed by atoms with Crippen molar-refractivity contribution in [3.8, 4) is 0 Å². The summed E-state index contributed by atoms with van der Waals surface area (Å²) in [4.78, 5) is 0. The van der Waals surface area contributed by atoms with E-state index in [9.17, 15) is 0 Å². The molecule has 0 radical (unpaired) electrons. The molecule has 0 bridgehead atoms. The Labute approximate surface area is 123 Å². The van der Waals surface area contributed by atoms with E-state index < -0.39 is 0 Å². The van der Waals surface area contributed by atoms with Gasteiger partial charge in [0.2, 0.25) is 0 Å². The fourth-order valence-corrected chi connectivity index (χ4v) is 2.85. The number of allylic oxidation sites excluding steroid dienone is 3. The molecule has 0 heteroatoms. The molecule has 0 spiro atoms. The van der Waals surface area contributed by atoms with Crippen LogP contribution in [0.5, 0.6) is 0 Å². The number of fused-ring (bicyclic) bond motifs is 1. The minimum Gasteiger partial charge on any atom is -0.0998 e. The third-order valence-corrected chi connectivity index (χ3v) is 4.25. The zero-order valence-corrected chi connectivity index (χ0v) is 13.3. The standard InChI is InChI=1S/C20H26/c1-14-7-8-15(2)19-12-17(4)16(3)11-18(19)9-10-20(5,6)13-14/h9-12H,1-2,7-8,13H2,3-6H3/b10-9-. The first-order valence-corrected chi connectivity index (χ1v) is 7.44. The van der Waals surface area contributed by atoms with Crippen LogP contribution in [0.2, 0.25) is 0 Å². The van der Waals surface area contributed by atoms with Crippen molar-refractivity contribution in [3.63, 3.8) is 0 Å². The molecule has 0 atom stereocenters. The Morgan fingerprint density at radius 2 is 1.65 bits per heavy atom. The van der Waals surface area contributed by atoms with Crippen LogP contribution in [0.4, 0.5) is 0 Å². The number of rotatable bonds is 0. The van der Waals surface area contributed by atoms with Gasteiger partial charge in [-0.15, -0.1) is 0 Å². The minimum absolute atomic E-state index is 0.172. The van der Waals surface area contributed by atoms with Crippen LogP contribution < -0.4 is 0 Å². The van der Waals surface area contributed by atoms with Gasteiger partial charge < -0.3 is 0 Å². The maximum absolute atomic E-state index is 4.30. The number of benzene rings is 1. The Kier molecular flexibility index (Phi) is 4.04. The van der Waals surface area contributed by atoms with Crippen LogP contribution in [0.3, 0.4) is 0 Å². The highest BCUT2D eigenvalue weighted by Gasteiger charge is 2.18. The molecule has 0 saturated heterocycles. The van der Waals surface area contributed by atoms with Crippen molar-refractivity contribution in [1.29, 1.82) is 0 Å². The molecule has 1 aliphatic carbocycles. The van der Waals surface area contributed by atoms with Gasteiger partial charge in [-0.25, -0.2) is 0 Å². The van der Waals surface area contributed by atoms with E-state index in [1.54, 1.807) is 0 Å². The molecule has 0 aliphatic heterocycles. The number of hydrogen-bond donors (Lipinski definition) is 0. The van der Waals surface area contributed by atoms with Gasteiger partial charge in [0.15, 0.2) is 0 Å². The number of aryl methyl sites for hydroxylation is 2. The second kappa shape index (κ2) is 5.44. The van der Waals surface area contributed by atoms with Gasteiger partial charge >= 0.3 is 0 Å². The molecule has 20 heavy (non-hydrogen) atoms. The monoisotopic (exact) mass is 266 g/mol. The summed E-state index contributed by atoms with van der Waals surface area (Å²) in [5, 5.41) is 0. The fraction of sp³-hybridized carbons (Fsp3) is 0.400. The summed E-state index contributed by atoms with van der Waals surface area (Å²) in [5.74, 6) is 0. The summed E-state index contributed by atoms with van der Waals surface area (Å²) in [6, 6.07) is 4.58. The SMILES string of the molecule is C=C1CCC(=C)c2cc(C)c(C)cc2/C=C\C(C)(C)C1. The minimum atomic E-state index is 0.172. The van der Waals surface area contributed by atoms with E-state index in [1.165, 1.54) is 33.4 Å². The first-order chi connectivity index (χ1) is 9.28. The topological polar surface area (TPSA) is 0 Å². The molecule has 1 aromatic rings. The summed E-state index contributed by atoms with van der Waals surface area (Å²) in [6.45, 7) is 17.4. The van der Waals surface area contributed by atoms with Crippen molar-refractivity contribution in [3.05, 3.63) is 59.2 Å². The average Bonchev–Trinajstić information content (AvgIpc) is 2.35. The molecule has 0 amide bonds. The Morgan fingerprint density at radius 3 is 2.35 bits per heavy atom. The number of hydrogen-bond acceptors (Lipinski definition) is 0. The normalized spacial score (nSPS) is 20.4. The lowest BCUT2D eigenvalue weighted by atomic mass is 9.81. The van der Waals surface area contributed by atoms with E-state index in [1.807, 2.05) is 0 Å².